The summed E-state index contributed by atoms with van der Waals surface area (Å²) in [6.45, 7) is 0.600. The van der Waals surface area contributed by atoms with E-state index in [1.807, 2.05) is 41.1 Å². The van der Waals surface area contributed by atoms with Crippen molar-refractivity contribution in [1.29, 1.82) is 0 Å². The number of carbonyl (C=O) groups excluding carboxylic acids is 3. The number of aromatic nitrogens is 2. The number of carbonyl (C=O) groups is 3. The molecule has 2 aromatic heterocycles. The summed E-state index contributed by atoms with van der Waals surface area (Å²) in [5, 5.41) is 0. The van der Waals surface area contributed by atoms with Crippen LogP contribution in [0.5, 0.6) is 5.75 Å². The van der Waals surface area contributed by atoms with Gasteiger partial charge in [-0.1, -0.05) is 12.1 Å². The molecule has 0 spiro atoms. The van der Waals surface area contributed by atoms with Crippen LogP contribution in [0.3, 0.4) is 0 Å². The van der Waals surface area contributed by atoms with E-state index in [0.29, 0.717) is 30.7 Å². The first kappa shape index (κ1) is 18.5. The quantitative estimate of drug-likeness (QED) is 0.626. The predicted molar refractivity (Wildman–Crippen MR) is 108 cm³/mol. The summed E-state index contributed by atoms with van der Waals surface area (Å²) in [6.07, 6.45) is 5.06. The second-order valence-corrected chi connectivity index (χ2v) is 7.76. The monoisotopic (exact) mass is 403 g/mol. The number of hydrogen-bond acceptors (Lipinski definition) is 5. The zero-order valence-electron chi connectivity index (χ0n) is 16.4. The van der Waals surface area contributed by atoms with Crippen LogP contribution in [-0.2, 0) is 22.7 Å². The van der Waals surface area contributed by atoms with Gasteiger partial charge in [0.15, 0.2) is 5.78 Å². The number of hydrogen-bond donors (Lipinski definition) is 0. The number of ketones is 2. The molecule has 1 saturated carbocycles. The van der Waals surface area contributed by atoms with E-state index in [2.05, 4.69) is 4.98 Å². The van der Waals surface area contributed by atoms with Crippen molar-refractivity contribution in [1.82, 2.24) is 14.3 Å². The molecule has 30 heavy (non-hydrogen) atoms. The lowest BCUT2D eigenvalue weighted by atomic mass is 10.1. The van der Waals surface area contributed by atoms with Crippen molar-refractivity contribution in [2.75, 3.05) is 0 Å². The minimum absolute atomic E-state index is 0.0332. The summed E-state index contributed by atoms with van der Waals surface area (Å²) in [4.78, 5) is 43.4. The molecule has 3 heterocycles. The van der Waals surface area contributed by atoms with Crippen molar-refractivity contribution < 1.29 is 19.1 Å². The summed E-state index contributed by atoms with van der Waals surface area (Å²) >= 11 is 0. The van der Waals surface area contributed by atoms with Crippen LogP contribution in [0.4, 0.5) is 0 Å². The lowest BCUT2D eigenvalue weighted by Crippen LogP contribution is -2.40. The van der Waals surface area contributed by atoms with Crippen LogP contribution in [0, 0.1) is 0 Å². The molecule has 1 atom stereocenters. The standard InChI is InChI=1S/C23H21N3O4/c27-16-7-9-19(20(28)10-8-16)26-13-18-17(23(26)29)4-3-5-21(18)30-14-15-12-25-11-2-1-6-22(25)24-15/h1-6,11-12,19H,7-10,13-14H2. The largest absolute Gasteiger partial charge is 0.487 e. The summed E-state index contributed by atoms with van der Waals surface area (Å²) in [6, 6.07) is 10.6. The molecule has 0 bridgehead atoms. The molecule has 0 radical (unpaired) electrons. The van der Waals surface area contributed by atoms with Gasteiger partial charge >= 0.3 is 0 Å². The molecule has 0 N–H and O–H groups in total. The number of benzene rings is 1. The van der Waals surface area contributed by atoms with Gasteiger partial charge in [0.05, 0.1) is 18.3 Å². The maximum atomic E-state index is 13.0. The number of ether oxygens (including phenoxy) is 1. The SMILES string of the molecule is O=C1CCC(=O)C(N2Cc3c(OCc4cn5ccccc5n4)cccc3C2=O)CC1. The van der Waals surface area contributed by atoms with Crippen LogP contribution in [0.15, 0.2) is 48.8 Å². The zero-order valence-corrected chi connectivity index (χ0v) is 16.4. The van der Waals surface area contributed by atoms with Gasteiger partial charge in [0, 0.05) is 42.8 Å². The molecule has 1 aromatic carbocycles. The molecule has 0 saturated heterocycles. The van der Waals surface area contributed by atoms with E-state index >= 15 is 0 Å². The highest BCUT2D eigenvalue weighted by Gasteiger charge is 2.38. The molecule has 1 aliphatic heterocycles. The molecule has 1 aliphatic carbocycles. The molecule has 7 heteroatoms. The van der Waals surface area contributed by atoms with Crippen molar-refractivity contribution in [3.05, 3.63) is 65.6 Å². The summed E-state index contributed by atoms with van der Waals surface area (Å²) in [7, 11) is 0. The Kier molecular flexibility index (Phi) is 4.58. The van der Waals surface area contributed by atoms with E-state index in [1.165, 1.54) is 0 Å². The van der Waals surface area contributed by atoms with Crippen molar-refractivity contribution in [3.8, 4) is 5.75 Å². The summed E-state index contributed by atoms with van der Waals surface area (Å²) in [5.41, 5.74) is 2.98. The Morgan fingerprint density at radius 3 is 2.80 bits per heavy atom. The second kappa shape index (κ2) is 7.40. The minimum atomic E-state index is -0.539. The Labute approximate surface area is 173 Å². The van der Waals surface area contributed by atoms with E-state index < -0.39 is 6.04 Å². The first-order valence-corrected chi connectivity index (χ1v) is 10.1. The Bertz CT molecular complexity index is 1130. The zero-order chi connectivity index (χ0) is 20.7. The maximum absolute atomic E-state index is 13.0. The summed E-state index contributed by atoms with van der Waals surface area (Å²) < 4.78 is 7.95. The van der Waals surface area contributed by atoms with E-state index in [0.717, 1.165) is 16.9 Å². The molecule has 152 valence electrons. The fraction of sp³-hybridized carbons (Fsp3) is 0.304. The van der Waals surface area contributed by atoms with Gasteiger partial charge < -0.3 is 14.0 Å². The topological polar surface area (TPSA) is 81.0 Å². The van der Waals surface area contributed by atoms with E-state index in [-0.39, 0.29) is 36.9 Å². The van der Waals surface area contributed by atoms with Crippen LogP contribution < -0.4 is 4.74 Å². The number of rotatable bonds is 4. The highest BCUT2D eigenvalue weighted by Crippen LogP contribution is 2.34. The third-order valence-corrected chi connectivity index (χ3v) is 5.84. The highest BCUT2D eigenvalue weighted by atomic mass is 16.5. The number of Topliss-reactive ketones (excluding diaryl/α,β-unsaturated/α-hetero) is 2. The number of pyridine rings is 1. The van der Waals surface area contributed by atoms with Gasteiger partial charge in [-0.2, -0.15) is 0 Å². The van der Waals surface area contributed by atoms with E-state index in [1.54, 1.807) is 17.0 Å². The lowest BCUT2D eigenvalue weighted by Gasteiger charge is -2.25. The van der Waals surface area contributed by atoms with Crippen molar-refractivity contribution >= 4 is 23.1 Å². The van der Waals surface area contributed by atoms with Gasteiger partial charge in [-0.15, -0.1) is 0 Å². The molecule has 1 unspecified atom stereocenters. The minimum Gasteiger partial charge on any atom is -0.487 e. The van der Waals surface area contributed by atoms with Crippen LogP contribution in [-0.4, -0.2) is 37.8 Å². The number of nitrogens with zero attached hydrogens (tertiary/aromatic N) is 3. The smallest absolute Gasteiger partial charge is 0.255 e. The fourth-order valence-electron chi connectivity index (χ4n) is 4.26. The van der Waals surface area contributed by atoms with Gasteiger partial charge in [-0.25, -0.2) is 4.98 Å². The normalized spacial score (nSPS) is 19.3. The second-order valence-electron chi connectivity index (χ2n) is 7.76. The average molecular weight is 403 g/mol. The van der Waals surface area contributed by atoms with Gasteiger partial charge in [0.25, 0.3) is 5.91 Å². The fourth-order valence-corrected chi connectivity index (χ4v) is 4.26. The van der Waals surface area contributed by atoms with Crippen molar-refractivity contribution in [2.24, 2.45) is 0 Å². The van der Waals surface area contributed by atoms with Crippen LogP contribution in [0.1, 0.15) is 47.3 Å². The first-order valence-electron chi connectivity index (χ1n) is 10.1. The molecule has 5 rings (SSSR count). The number of fused-ring (bicyclic) bond motifs is 2. The van der Waals surface area contributed by atoms with Crippen LogP contribution in [0.25, 0.3) is 5.65 Å². The third-order valence-electron chi connectivity index (χ3n) is 5.84. The van der Waals surface area contributed by atoms with Gasteiger partial charge in [0.2, 0.25) is 0 Å². The molecular formula is C23H21N3O4. The predicted octanol–water partition coefficient (Wildman–Crippen LogP) is 2.95. The lowest BCUT2D eigenvalue weighted by molar-refractivity contribution is -0.124. The molecule has 7 nitrogen and oxygen atoms in total. The van der Waals surface area contributed by atoms with Crippen molar-refractivity contribution in [2.45, 2.75) is 44.9 Å². The van der Waals surface area contributed by atoms with E-state index in [9.17, 15) is 14.4 Å². The molecule has 3 aromatic rings. The van der Waals surface area contributed by atoms with Crippen molar-refractivity contribution in [3.63, 3.8) is 0 Å². The highest BCUT2D eigenvalue weighted by molar-refractivity contribution is 6.02. The Hall–Kier alpha value is -3.48. The van der Waals surface area contributed by atoms with Gasteiger partial charge in [-0.3, -0.25) is 14.4 Å². The number of imidazole rings is 1. The third kappa shape index (κ3) is 3.26. The molecule has 1 amide bonds. The Balaban J connectivity index is 1.36. The van der Waals surface area contributed by atoms with E-state index in [4.69, 9.17) is 4.74 Å². The average Bonchev–Trinajstić information content (AvgIpc) is 3.27. The first-order chi connectivity index (χ1) is 14.6. The molecule has 2 aliphatic rings. The number of amides is 1. The Morgan fingerprint density at radius 1 is 1.03 bits per heavy atom. The molecular weight excluding hydrogens is 382 g/mol. The summed E-state index contributed by atoms with van der Waals surface area (Å²) in [5.74, 6) is 0.508. The maximum Gasteiger partial charge on any atom is 0.255 e. The van der Waals surface area contributed by atoms with Gasteiger partial charge in [0.1, 0.15) is 23.8 Å². The molecule has 1 fully saturated rings. The van der Waals surface area contributed by atoms with Crippen LogP contribution in [0.2, 0.25) is 0 Å². The Morgan fingerprint density at radius 2 is 1.93 bits per heavy atom. The van der Waals surface area contributed by atoms with Gasteiger partial charge in [-0.05, 0) is 30.7 Å². The van der Waals surface area contributed by atoms with Crippen LogP contribution >= 0.6 is 0 Å².